The molecular weight excluding hydrogens is 541 g/mol. The maximum atomic E-state index is 12.5. The van der Waals surface area contributed by atoms with Crippen LogP contribution in [0.15, 0.2) is 91.4 Å². The topological polar surface area (TPSA) is 149 Å². The van der Waals surface area contributed by atoms with Crippen LogP contribution in [0.4, 0.5) is 0 Å². The Labute approximate surface area is 247 Å². The van der Waals surface area contributed by atoms with Gasteiger partial charge in [0.25, 0.3) is 5.91 Å². The average molecular weight is 569 g/mol. The minimum atomic E-state index is -1.45. The molecule has 5 N–H and O–H groups in total. The number of aromatic nitrogens is 5. The van der Waals surface area contributed by atoms with Gasteiger partial charge in [-0.05, 0) is 48.7 Å². The van der Waals surface area contributed by atoms with Crippen molar-refractivity contribution in [2.75, 3.05) is 19.6 Å². The lowest BCUT2D eigenvalue weighted by Crippen LogP contribution is -2.48. The van der Waals surface area contributed by atoms with Gasteiger partial charge in [-0.15, -0.1) is 0 Å². The normalized spacial score (nSPS) is 17.4. The quantitative estimate of drug-likeness (QED) is 0.204. The Kier molecular flexibility index (Phi) is 6.90. The highest BCUT2D eigenvalue weighted by molar-refractivity contribution is 6.58. The molecule has 2 aromatic carbocycles. The molecule has 1 saturated heterocycles. The second-order valence-corrected chi connectivity index (χ2v) is 10.9. The number of nitrogens with zero attached hydrogens (tertiary/aromatic N) is 4. The van der Waals surface area contributed by atoms with Gasteiger partial charge in [0.05, 0.1) is 28.0 Å². The van der Waals surface area contributed by atoms with E-state index in [-0.39, 0.29) is 11.3 Å². The van der Waals surface area contributed by atoms with Gasteiger partial charge in [-0.2, -0.15) is 0 Å². The smallest absolute Gasteiger partial charge is 0.423 e. The fourth-order valence-corrected chi connectivity index (χ4v) is 5.80. The number of amides is 1. The summed E-state index contributed by atoms with van der Waals surface area (Å²) in [6.07, 6.45) is 6.01. The zero-order valence-electron chi connectivity index (χ0n) is 23.2. The Morgan fingerprint density at radius 2 is 1.58 bits per heavy atom. The summed E-state index contributed by atoms with van der Waals surface area (Å²) in [7, 11) is -1.45. The third kappa shape index (κ3) is 5.14. The molecule has 1 unspecified atom stereocenters. The van der Waals surface area contributed by atoms with Crippen molar-refractivity contribution in [1.29, 1.82) is 0 Å². The Morgan fingerprint density at radius 1 is 0.837 bits per heavy atom. The van der Waals surface area contributed by atoms with E-state index >= 15 is 0 Å². The Balaban J connectivity index is 0.000000193. The molecule has 0 bridgehead atoms. The van der Waals surface area contributed by atoms with E-state index in [1.54, 1.807) is 18.5 Å². The number of aromatic amines is 1. The zero-order chi connectivity index (χ0) is 29.4. The summed E-state index contributed by atoms with van der Waals surface area (Å²) in [4.78, 5) is 33.8. The van der Waals surface area contributed by atoms with Crippen LogP contribution in [0.25, 0.3) is 44.6 Å². The fraction of sp³-hybridized carbons (Fsp3) is 0.156. The molecule has 43 heavy (non-hydrogen) atoms. The molecule has 0 radical (unpaired) electrons. The first-order valence-electron chi connectivity index (χ1n) is 14.1. The molecule has 2 aliphatic rings. The number of benzene rings is 2. The predicted molar refractivity (Wildman–Crippen MR) is 166 cm³/mol. The molecule has 1 atom stereocenters. The SMILES string of the molecule is O=C1NCC2(CCNC2)c2[nH]c(-c3ccnc(-c4cnc5ccccc5c4)n3)cc21.OB(O)c1cnc2ccccc2c1. The molecule has 6 aromatic rings. The summed E-state index contributed by atoms with van der Waals surface area (Å²) in [5, 5.41) is 26.2. The summed E-state index contributed by atoms with van der Waals surface area (Å²) in [6, 6.07) is 23.1. The summed E-state index contributed by atoms with van der Waals surface area (Å²) in [5.41, 5.74) is 6.32. The minimum Gasteiger partial charge on any atom is -0.423 e. The number of nitrogens with one attached hydrogen (secondary N) is 3. The average Bonchev–Trinajstić information content (AvgIpc) is 3.72. The molecule has 1 fully saturated rings. The molecule has 1 amide bonds. The molecule has 1 spiro atoms. The van der Waals surface area contributed by atoms with Crippen LogP contribution in [0.5, 0.6) is 0 Å². The molecule has 212 valence electrons. The van der Waals surface area contributed by atoms with Crippen molar-refractivity contribution in [3.05, 3.63) is 103 Å². The maximum absolute atomic E-state index is 12.5. The van der Waals surface area contributed by atoms with E-state index in [9.17, 15) is 4.79 Å². The van der Waals surface area contributed by atoms with Gasteiger partial charge in [0.15, 0.2) is 5.82 Å². The minimum absolute atomic E-state index is 0.0296. The van der Waals surface area contributed by atoms with Gasteiger partial charge >= 0.3 is 7.12 Å². The van der Waals surface area contributed by atoms with Gasteiger partial charge in [-0.3, -0.25) is 14.8 Å². The highest BCUT2D eigenvalue weighted by Gasteiger charge is 2.43. The van der Waals surface area contributed by atoms with Crippen LogP contribution in [0.2, 0.25) is 0 Å². The van der Waals surface area contributed by atoms with Crippen molar-refractivity contribution in [3.63, 3.8) is 0 Å². The maximum Gasteiger partial charge on any atom is 0.490 e. The molecule has 0 saturated carbocycles. The van der Waals surface area contributed by atoms with Crippen molar-refractivity contribution in [2.45, 2.75) is 11.8 Å². The molecule has 8 rings (SSSR count). The van der Waals surface area contributed by atoms with E-state index in [0.717, 1.165) is 64.0 Å². The second-order valence-electron chi connectivity index (χ2n) is 10.9. The zero-order valence-corrected chi connectivity index (χ0v) is 23.2. The molecule has 4 aromatic heterocycles. The van der Waals surface area contributed by atoms with Crippen molar-refractivity contribution in [2.24, 2.45) is 0 Å². The number of fused-ring (bicyclic) bond motifs is 4. The number of rotatable bonds is 3. The highest BCUT2D eigenvalue weighted by Crippen LogP contribution is 2.37. The standard InChI is InChI=1S/C23H20N6O.C9H8BNO2/c30-22-16-10-19(28-20(16)23(13-27-22)6-8-24-12-23)18-5-7-25-21(29-18)15-9-14-3-1-2-4-17(14)26-11-15;12-10(13)8-5-7-3-1-2-4-9(7)11-6-8/h1-5,7,9-11,24,28H,6,8,12-13H2,(H,27,30);1-6,12-13H. The van der Waals surface area contributed by atoms with Gasteiger partial charge < -0.3 is 25.7 Å². The number of hydrogen-bond donors (Lipinski definition) is 5. The lowest BCUT2D eigenvalue weighted by atomic mass is 9.79. The van der Waals surface area contributed by atoms with E-state index in [4.69, 9.17) is 15.0 Å². The van der Waals surface area contributed by atoms with Crippen LogP contribution in [0.3, 0.4) is 0 Å². The number of H-pyrrole nitrogens is 1. The van der Waals surface area contributed by atoms with Crippen LogP contribution < -0.4 is 16.1 Å². The number of carbonyl (C=O) groups is 1. The largest absolute Gasteiger partial charge is 0.490 e. The van der Waals surface area contributed by atoms with Crippen LogP contribution in [0.1, 0.15) is 22.5 Å². The summed E-state index contributed by atoms with van der Waals surface area (Å²) in [6.45, 7) is 2.47. The number of carbonyl (C=O) groups excluding carboxylic acids is 1. The first-order valence-corrected chi connectivity index (χ1v) is 14.1. The molecular formula is C32H28BN7O3. The van der Waals surface area contributed by atoms with E-state index in [0.29, 0.717) is 23.4 Å². The van der Waals surface area contributed by atoms with Gasteiger partial charge in [-0.1, -0.05) is 42.5 Å². The van der Waals surface area contributed by atoms with E-state index in [2.05, 4.69) is 30.6 Å². The summed E-state index contributed by atoms with van der Waals surface area (Å²) in [5.74, 6) is 0.582. The van der Waals surface area contributed by atoms with Gasteiger partial charge in [-0.25, -0.2) is 9.97 Å². The number of hydrogen-bond acceptors (Lipinski definition) is 8. The van der Waals surface area contributed by atoms with E-state index < -0.39 is 7.12 Å². The van der Waals surface area contributed by atoms with E-state index in [1.165, 1.54) is 6.20 Å². The second kappa shape index (κ2) is 11.0. The van der Waals surface area contributed by atoms with Crippen LogP contribution in [0, 0.1) is 0 Å². The van der Waals surface area contributed by atoms with Gasteiger partial charge in [0.2, 0.25) is 0 Å². The lowest BCUT2D eigenvalue weighted by molar-refractivity contribution is 0.0926. The fourth-order valence-electron chi connectivity index (χ4n) is 5.80. The third-order valence-electron chi connectivity index (χ3n) is 8.11. The van der Waals surface area contributed by atoms with E-state index in [1.807, 2.05) is 66.7 Å². The predicted octanol–water partition coefficient (Wildman–Crippen LogP) is 2.58. The first-order chi connectivity index (χ1) is 21.0. The van der Waals surface area contributed by atoms with Crippen molar-refractivity contribution in [3.8, 4) is 22.8 Å². The van der Waals surface area contributed by atoms with Crippen molar-refractivity contribution < 1.29 is 14.8 Å². The summed E-state index contributed by atoms with van der Waals surface area (Å²) < 4.78 is 0. The Bertz CT molecular complexity index is 1970. The Hall–Kier alpha value is -4.97. The molecule has 6 heterocycles. The Morgan fingerprint density at radius 3 is 2.33 bits per heavy atom. The lowest BCUT2D eigenvalue weighted by Gasteiger charge is -2.32. The first kappa shape index (κ1) is 26.9. The van der Waals surface area contributed by atoms with Crippen molar-refractivity contribution >= 4 is 40.3 Å². The van der Waals surface area contributed by atoms with Crippen LogP contribution in [-0.4, -0.2) is 67.6 Å². The highest BCUT2D eigenvalue weighted by atomic mass is 16.4. The molecule has 11 heteroatoms. The van der Waals surface area contributed by atoms with Gasteiger partial charge in [0.1, 0.15) is 0 Å². The van der Waals surface area contributed by atoms with Crippen molar-refractivity contribution in [1.82, 2.24) is 35.6 Å². The van der Waals surface area contributed by atoms with Gasteiger partial charge in [0, 0.05) is 59.2 Å². The van der Waals surface area contributed by atoms with Crippen LogP contribution >= 0.6 is 0 Å². The van der Waals surface area contributed by atoms with Crippen LogP contribution in [-0.2, 0) is 5.41 Å². The summed E-state index contributed by atoms with van der Waals surface area (Å²) >= 11 is 0. The third-order valence-corrected chi connectivity index (χ3v) is 8.11. The monoisotopic (exact) mass is 569 g/mol. The number of para-hydroxylation sites is 2. The molecule has 2 aliphatic heterocycles. The number of pyridine rings is 2. The molecule has 0 aliphatic carbocycles. The molecule has 10 nitrogen and oxygen atoms in total.